The lowest BCUT2D eigenvalue weighted by molar-refractivity contribution is -0.384. The monoisotopic (exact) mass is 488 g/mol. The molecular weight excluding hydrogens is 468 g/mol. The number of hydrogen-bond donors (Lipinski definition) is 3. The van der Waals surface area contributed by atoms with Crippen LogP contribution in [0.25, 0.3) is 0 Å². The van der Waals surface area contributed by atoms with Gasteiger partial charge in [0.2, 0.25) is 15.9 Å². The highest BCUT2D eigenvalue weighted by Crippen LogP contribution is 2.27. The van der Waals surface area contributed by atoms with Gasteiger partial charge in [0.05, 0.1) is 15.9 Å². The third-order valence-electron chi connectivity index (χ3n) is 4.78. The molecule has 3 rings (SSSR count). The van der Waals surface area contributed by atoms with E-state index in [4.69, 9.17) is 16.7 Å². The average Bonchev–Trinajstić information content (AvgIpc) is 2.77. The normalized spacial score (nSPS) is 12.1. The molecule has 0 heterocycles. The maximum atomic E-state index is 12.7. The van der Waals surface area contributed by atoms with Gasteiger partial charge in [0.15, 0.2) is 0 Å². The lowest BCUT2D eigenvalue weighted by Crippen LogP contribution is -2.30. The number of amides is 1. The molecule has 0 bridgehead atoms. The molecule has 1 atom stereocenters. The number of carbonyl (C=O) groups is 1. The Bertz CT molecular complexity index is 1270. The van der Waals surface area contributed by atoms with Gasteiger partial charge < -0.3 is 10.6 Å². The van der Waals surface area contributed by atoms with Gasteiger partial charge in [0.25, 0.3) is 5.69 Å². The van der Waals surface area contributed by atoms with E-state index in [1.807, 2.05) is 36.4 Å². The number of nitro groups is 1. The molecule has 1 unspecified atom stereocenters. The topological polar surface area (TPSA) is 144 Å². The first-order valence-corrected chi connectivity index (χ1v) is 11.7. The summed E-state index contributed by atoms with van der Waals surface area (Å²) in [6.07, 6.45) is 0.0119. The van der Waals surface area contributed by atoms with Crippen molar-refractivity contribution in [2.75, 3.05) is 11.9 Å². The molecule has 0 aromatic heterocycles. The maximum Gasteiger partial charge on any atom is 0.293 e. The number of carbonyl (C=O) groups excluding carboxylic acids is 1. The number of rotatable bonds is 9. The number of hydrogen-bond acceptors (Lipinski definition) is 6. The molecule has 0 aliphatic heterocycles. The number of nitro benzene ring substituents is 1. The van der Waals surface area contributed by atoms with Gasteiger partial charge in [-0.15, -0.1) is 0 Å². The van der Waals surface area contributed by atoms with Crippen molar-refractivity contribution in [2.24, 2.45) is 5.14 Å². The molecule has 9 nitrogen and oxygen atoms in total. The van der Waals surface area contributed by atoms with E-state index >= 15 is 0 Å². The molecule has 0 radical (unpaired) electrons. The van der Waals surface area contributed by atoms with Crippen LogP contribution in [0.15, 0.2) is 77.7 Å². The predicted octanol–water partition coefficient (Wildman–Crippen LogP) is 3.60. The summed E-state index contributed by atoms with van der Waals surface area (Å²) >= 11 is 6.12. The molecular formula is C22H21ClN4O5S. The number of sulfonamides is 1. The van der Waals surface area contributed by atoms with Crippen LogP contribution in [-0.4, -0.2) is 25.8 Å². The number of nitrogens with one attached hydrogen (secondary N) is 2. The Hall–Kier alpha value is -3.47. The maximum absolute atomic E-state index is 12.7. The number of nitrogens with zero attached hydrogens (tertiary/aromatic N) is 1. The first-order chi connectivity index (χ1) is 15.6. The highest BCUT2D eigenvalue weighted by atomic mass is 35.5. The standard InChI is InChI=1S/C22H21ClN4O5S/c23-17-8-4-7-16(13-17)22(15-5-2-1-3-6-15)26-21(28)11-12-25-19-10-9-18(33(24,31)32)14-20(19)27(29)30/h1-10,13-14,22,25H,11-12H2,(H,26,28)(H2,24,31,32). The molecule has 3 aromatic rings. The van der Waals surface area contributed by atoms with Gasteiger partial charge in [-0.3, -0.25) is 14.9 Å². The highest BCUT2D eigenvalue weighted by Gasteiger charge is 2.20. The van der Waals surface area contributed by atoms with Crippen LogP contribution in [0.3, 0.4) is 0 Å². The summed E-state index contributed by atoms with van der Waals surface area (Å²) in [6.45, 7) is 0.0818. The Labute approximate surface area is 195 Å². The summed E-state index contributed by atoms with van der Waals surface area (Å²) in [5.41, 5.74) is 1.30. The molecule has 33 heavy (non-hydrogen) atoms. The lowest BCUT2D eigenvalue weighted by atomic mass is 9.98. The van der Waals surface area contributed by atoms with E-state index in [0.29, 0.717) is 5.02 Å². The fourth-order valence-corrected chi connectivity index (χ4v) is 3.96. The zero-order valence-corrected chi connectivity index (χ0v) is 18.8. The van der Waals surface area contributed by atoms with Crippen molar-refractivity contribution >= 4 is 38.9 Å². The minimum Gasteiger partial charge on any atom is -0.379 e. The molecule has 0 fully saturated rings. The molecule has 0 aliphatic carbocycles. The number of halogens is 1. The van der Waals surface area contributed by atoms with E-state index in [2.05, 4.69) is 10.6 Å². The van der Waals surface area contributed by atoms with Gasteiger partial charge in [-0.05, 0) is 35.4 Å². The van der Waals surface area contributed by atoms with Gasteiger partial charge in [0, 0.05) is 24.1 Å². The van der Waals surface area contributed by atoms with E-state index in [1.165, 1.54) is 6.07 Å². The van der Waals surface area contributed by atoms with E-state index in [9.17, 15) is 23.3 Å². The van der Waals surface area contributed by atoms with Gasteiger partial charge >= 0.3 is 0 Å². The summed E-state index contributed by atoms with van der Waals surface area (Å²) in [4.78, 5) is 22.9. The quantitative estimate of drug-likeness (QED) is 0.310. The number of benzene rings is 3. The summed E-state index contributed by atoms with van der Waals surface area (Å²) < 4.78 is 22.9. The van der Waals surface area contributed by atoms with Crippen molar-refractivity contribution in [2.45, 2.75) is 17.4 Å². The van der Waals surface area contributed by atoms with Gasteiger partial charge in [0.1, 0.15) is 5.69 Å². The van der Waals surface area contributed by atoms with E-state index < -0.39 is 26.7 Å². The summed E-state index contributed by atoms with van der Waals surface area (Å²) in [5.74, 6) is -0.292. The molecule has 0 spiro atoms. The molecule has 0 aliphatic rings. The molecule has 11 heteroatoms. The van der Waals surface area contributed by atoms with Crippen LogP contribution >= 0.6 is 11.6 Å². The minimum atomic E-state index is -4.08. The van der Waals surface area contributed by atoms with Crippen molar-refractivity contribution < 1.29 is 18.1 Å². The zero-order valence-electron chi connectivity index (χ0n) is 17.3. The lowest BCUT2D eigenvalue weighted by Gasteiger charge is -2.20. The number of nitrogens with two attached hydrogens (primary N) is 1. The molecule has 0 saturated carbocycles. The first-order valence-electron chi connectivity index (χ1n) is 9.80. The van der Waals surface area contributed by atoms with Crippen molar-refractivity contribution in [3.05, 3.63) is 99.1 Å². The second-order valence-corrected chi connectivity index (χ2v) is 9.12. The van der Waals surface area contributed by atoms with Gasteiger partial charge in [-0.25, -0.2) is 13.6 Å². The number of primary sulfonamides is 1. The third-order valence-corrected chi connectivity index (χ3v) is 5.93. The Morgan fingerprint density at radius 3 is 2.36 bits per heavy atom. The largest absolute Gasteiger partial charge is 0.379 e. The van der Waals surface area contributed by atoms with E-state index in [0.717, 1.165) is 23.3 Å². The Morgan fingerprint density at radius 2 is 1.73 bits per heavy atom. The second-order valence-electron chi connectivity index (χ2n) is 7.12. The molecule has 1 amide bonds. The Balaban J connectivity index is 1.70. The fourth-order valence-electron chi connectivity index (χ4n) is 3.22. The smallest absolute Gasteiger partial charge is 0.293 e. The van der Waals surface area contributed by atoms with Crippen LogP contribution in [0.5, 0.6) is 0 Å². The van der Waals surface area contributed by atoms with Crippen molar-refractivity contribution in [3.63, 3.8) is 0 Å². The SMILES string of the molecule is NS(=O)(=O)c1ccc(NCCC(=O)NC(c2ccccc2)c2cccc(Cl)c2)c([N+](=O)[O-])c1. The number of anilines is 1. The van der Waals surface area contributed by atoms with Crippen LogP contribution in [0.2, 0.25) is 5.02 Å². The van der Waals surface area contributed by atoms with Gasteiger partial charge in [-0.1, -0.05) is 54.1 Å². The molecule has 172 valence electrons. The van der Waals surface area contributed by atoms with Crippen LogP contribution in [0.4, 0.5) is 11.4 Å². The second kappa shape index (κ2) is 10.4. The summed E-state index contributed by atoms with van der Waals surface area (Å²) in [7, 11) is -4.08. The molecule has 0 saturated heterocycles. The molecule has 3 aromatic carbocycles. The minimum absolute atomic E-state index is 0.0119. The zero-order chi connectivity index (χ0) is 24.0. The van der Waals surface area contributed by atoms with Crippen LogP contribution in [-0.2, 0) is 14.8 Å². The first kappa shape index (κ1) is 24.2. The summed E-state index contributed by atoms with van der Waals surface area (Å²) in [5, 5.41) is 22.7. The average molecular weight is 489 g/mol. The van der Waals surface area contributed by atoms with Gasteiger partial charge in [-0.2, -0.15) is 0 Å². The highest BCUT2D eigenvalue weighted by molar-refractivity contribution is 7.89. The fraction of sp³-hybridized carbons (Fsp3) is 0.136. The van der Waals surface area contributed by atoms with Crippen LogP contribution in [0, 0.1) is 10.1 Å². The van der Waals surface area contributed by atoms with Crippen molar-refractivity contribution in [3.8, 4) is 0 Å². The van der Waals surface area contributed by atoms with Crippen molar-refractivity contribution in [1.29, 1.82) is 0 Å². The Morgan fingerprint density at radius 1 is 1.03 bits per heavy atom. The molecule has 4 N–H and O–H groups in total. The summed E-state index contributed by atoms with van der Waals surface area (Å²) in [6, 6.07) is 19.4. The van der Waals surface area contributed by atoms with Crippen molar-refractivity contribution in [1.82, 2.24) is 5.32 Å². The predicted molar refractivity (Wildman–Crippen MR) is 125 cm³/mol. The van der Waals surface area contributed by atoms with Crippen LogP contribution < -0.4 is 15.8 Å². The third kappa shape index (κ3) is 6.51. The van der Waals surface area contributed by atoms with Crippen LogP contribution in [0.1, 0.15) is 23.6 Å². The Kier molecular flexibility index (Phi) is 7.64. The van der Waals surface area contributed by atoms with E-state index in [-0.39, 0.29) is 29.5 Å². The van der Waals surface area contributed by atoms with E-state index in [1.54, 1.807) is 18.2 Å².